The lowest BCUT2D eigenvalue weighted by Gasteiger charge is -2.09. The van der Waals surface area contributed by atoms with Crippen LogP contribution in [-0.4, -0.2) is 16.3 Å². The van der Waals surface area contributed by atoms with Crippen molar-refractivity contribution in [3.8, 4) is 0 Å². The number of halogens is 2. The number of rotatable bonds is 4. The molecule has 1 N–H and O–H groups in total. The fourth-order valence-electron chi connectivity index (χ4n) is 1.03. The highest BCUT2D eigenvalue weighted by molar-refractivity contribution is 8.00. The maximum Gasteiger partial charge on any atom is 0.316 e. The Bertz CT molecular complexity index is 368. The van der Waals surface area contributed by atoms with E-state index in [1.807, 2.05) is 0 Å². The van der Waals surface area contributed by atoms with E-state index in [1.165, 1.54) is 6.07 Å². The molecule has 1 aromatic rings. The highest BCUT2D eigenvalue weighted by atomic mass is 32.2. The molecule has 0 aliphatic rings. The number of aliphatic carboxylic acids is 1. The van der Waals surface area contributed by atoms with Gasteiger partial charge in [-0.1, -0.05) is 6.92 Å². The maximum atomic E-state index is 13.2. The quantitative estimate of drug-likeness (QED) is 0.811. The molecular weight excluding hydrogens is 222 g/mol. The normalized spacial score (nSPS) is 12.5. The van der Waals surface area contributed by atoms with E-state index in [9.17, 15) is 13.6 Å². The first-order chi connectivity index (χ1) is 7.04. The van der Waals surface area contributed by atoms with E-state index in [1.54, 1.807) is 6.92 Å². The van der Waals surface area contributed by atoms with E-state index in [-0.39, 0.29) is 4.90 Å². The molecule has 1 aromatic carbocycles. The van der Waals surface area contributed by atoms with Gasteiger partial charge in [-0.25, -0.2) is 8.78 Å². The summed E-state index contributed by atoms with van der Waals surface area (Å²) in [5, 5.41) is 8.06. The Labute approximate surface area is 90.3 Å². The minimum Gasteiger partial charge on any atom is -0.480 e. The molecule has 2 nitrogen and oxygen atoms in total. The van der Waals surface area contributed by atoms with Gasteiger partial charge in [0.05, 0.1) is 0 Å². The predicted molar refractivity (Wildman–Crippen MR) is 53.9 cm³/mol. The third-order valence-corrected chi connectivity index (χ3v) is 3.21. The van der Waals surface area contributed by atoms with Gasteiger partial charge in [0.2, 0.25) is 0 Å². The zero-order valence-corrected chi connectivity index (χ0v) is 8.85. The number of benzene rings is 1. The lowest BCUT2D eigenvalue weighted by Crippen LogP contribution is -2.14. The van der Waals surface area contributed by atoms with Gasteiger partial charge < -0.3 is 5.11 Å². The molecule has 15 heavy (non-hydrogen) atoms. The number of hydrogen-bond donors (Lipinski definition) is 1. The Morgan fingerprint density at radius 2 is 2.20 bits per heavy atom. The topological polar surface area (TPSA) is 37.3 Å². The van der Waals surface area contributed by atoms with Gasteiger partial charge >= 0.3 is 5.97 Å². The van der Waals surface area contributed by atoms with E-state index in [2.05, 4.69) is 0 Å². The Morgan fingerprint density at radius 1 is 1.53 bits per heavy atom. The summed E-state index contributed by atoms with van der Waals surface area (Å²) in [5.41, 5.74) is 0. The first kappa shape index (κ1) is 12.0. The summed E-state index contributed by atoms with van der Waals surface area (Å²) in [6, 6.07) is 3.11. The summed E-state index contributed by atoms with van der Waals surface area (Å²) in [5.74, 6) is -2.38. The second kappa shape index (κ2) is 5.11. The van der Waals surface area contributed by atoms with Crippen LogP contribution in [0.4, 0.5) is 8.78 Å². The molecule has 0 fully saturated rings. The third kappa shape index (κ3) is 3.20. The van der Waals surface area contributed by atoms with E-state index in [0.717, 1.165) is 23.9 Å². The Hall–Kier alpha value is -1.10. The molecule has 0 aromatic heterocycles. The molecule has 0 amide bonds. The minimum atomic E-state index is -0.994. The molecule has 1 atom stereocenters. The fourth-order valence-corrected chi connectivity index (χ4v) is 1.92. The molecule has 0 bridgehead atoms. The molecule has 0 aliphatic heterocycles. The molecule has 0 radical (unpaired) electrons. The number of carboxylic acid groups (broad SMARTS) is 1. The van der Waals surface area contributed by atoms with Gasteiger partial charge in [-0.3, -0.25) is 4.79 Å². The molecular formula is C10H10F2O2S. The highest BCUT2D eigenvalue weighted by Crippen LogP contribution is 2.28. The number of hydrogen-bond acceptors (Lipinski definition) is 2. The van der Waals surface area contributed by atoms with Crippen LogP contribution in [0.5, 0.6) is 0 Å². The second-order valence-electron chi connectivity index (χ2n) is 2.93. The molecule has 82 valence electrons. The van der Waals surface area contributed by atoms with Gasteiger partial charge in [0, 0.05) is 11.0 Å². The van der Waals surface area contributed by atoms with Crippen LogP contribution in [0.1, 0.15) is 13.3 Å². The Morgan fingerprint density at radius 3 is 2.67 bits per heavy atom. The van der Waals surface area contributed by atoms with Crippen LogP contribution in [-0.2, 0) is 4.79 Å². The first-order valence-electron chi connectivity index (χ1n) is 4.39. The highest BCUT2D eigenvalue weighted by Gasteiger charge is 2.18. The van der Waals surface area contributed by atoms with Crippen molar-refractivity contribution in [2.45, 2.75) is 23.5 Å². The van der Waals surface area contributed by atoms with Crippen LogP contribution in [0.15, 0.2) is 23.1 Å². The maximum absolute atomic E-state index is 13.2. The zero-order chi connectivity index (χ0) is 11.4. The van der Waals surface area contributed by atoms with Crippen molar-refractivity contribution < 1.29 is 18.7 Å². The van der Waals surface area contributed by atoms with Crippen LogP contribution >= 0.6 is 11.8 Å². The van der Waals surface area contributed by atoms with Gasteiger partial charge in [0.15, 0.2) is 0 Å². The van der Waals surface area contributed by atoms with E-state index >= 15 is 0 Å². The largest absolute Gasteiger partial charge is 0.480 e. The smallest absolute Gasteiger partial charge is 0.316 e. The van der Waals surface area contributed by atoms with Crippen LogP contribution in [0, 0.1) is 11.6 Å². The molecule has 0 aliphatic carbocycles. The molecule has 5 heteroatoms. The lowest BCUT2D eigenvalue weighted by molar-refractivity contribution is -0.136. The van der Waals surface area contributed by atoms with Crippen LogP contribution < -0.4 is 0 Å². The van der Waals surface area contributed by atoms with Crippen molar-refractivity contribution in [3.05, 3.63) is 29.8 Å². The third-order valence-electron chi connectivity index (χ3n) is 1.81. The average molecular weight is 232 g/mol. The molecule has 0 saturated heterocycles. The summed E-state index contributed by atoms with van der Waals surface area (Å²) in [7, 11) is 0. The summed E-state index contributed by atoms with van der Waals surface area (Å²) in [4.78, 5) is 10.9. The van der Waals surface area contributed by atoms with Gasteiger partial charge in [-0.15, -0.1) is 11.8 Å². The molecule has 0 spiro atoms. The number of carboxylic acids is 1. The summed E-state index contributed by atoms with van der Waals surface area (Å²) in [6.45, 7) is 1.70. The summed E-state index contributed by atoms with van der Waals surface area (Å²) in [6.07, 6.45) is 0.386. The lowest BCUT2D eigenvalue weighted by atomic mass is 10.3. The van der Waals surface area contributed by atoms with Crippen molar-refractivity contribution in [2.24, 2.45) is 0 Å². The van der Waals surface area contributed by atoms with Crippen molar-refractivity contribution in [1.29, 1.82) is 0 Å². The zero-order valence-electron chi connectivity index (χ0n) is 8.04. The summed E-state index contributed by atoms with van der Waals surface area (Å²) >= 11 is 0.891. The predicted octanol–water partition coefficient (Wildman–Crippen LogP) is 2.92. The first-order valence-corrected chi connectivity index (χ1v) is 5.27. The van der Waals surface area contributed by atoms with Gasteiger partial charge in [-0.05, 0) is 18.6 Å². The van der Waals surface area contributed by atoms with Gasteiger partial charge in [0.1, 0.15) is 16.9 Å². The van der Waals surface area contributed by atoms with Crippen LogP contribution in [0.25, 0.3) is 0 Å². The van der Waals surface area contributed by atoms with E-state index < -0.39 is 22.9 Å². The number of thioether (sulfide) groups is 1. The van der Waals surface area contributed by atoms with Gasteiger partial charge in [-0.2, -0.15) is 0 Å². The average Bonchev–Trinajstić information content (AvgIpc) is 2.16. The van der Waals surface area contributed by atoms with Crippen molar-refractivity contribution in [1.82, 2.24) is 0 Å². The minimum absolute atomic E-state index is 0.158. The Balaban J connectivity index is 2.84. The van der Waals surface area contributed by atoms with Crippen molar-refractivity contribution in [2.75, 3.05) is 0 Å². The Kier molecular flexibility index (Phi) is 4.08. The van der Waals surface area contributed by atoms with E-state index in [4.69, 9.17) is 5.11 Å². The molecule has 1 unspecified atom stereocenters. The fraction of sp³-hybridized carbons (Fsp3) is 0.300. The van der Waals surface area contributed by atoms with Crippen LogP contribution in [0.2, 0.25) is 0 Å². The monoisotopic (exact) mass is 232 g/mol. The standard InChI is InChI=1S/C10H10F2O2S/c1-2-8(10(13)14)15-9-4-3-6(11)5-7(9)12/h3-5,8H,2H2,1H3,(H,13,14). The van der Waals surface area contributed by atoms with Crippen molar-refractivity contribution in [3.63, 3.8) is 0 Å². The number of carbonyl (C=O) groups is 1. The molecule has 0 saturated carbocycles. The van der Waals surface area contributed by atoms with Gasteiger partial charge in [0.25, 0.3) is 0 Å². The molecule has 1 rings (SSSR count). The van der Waals surface area contributed by atoms with Crippen molar-refractivity contribution >= 4 is 17.7 Å². The van der Waals surface area contributed by atoms with Crippen LogP contribution in [0.3, 0.4) is 0 Å². The molecule has 0 heterocycles. The second-order valence-corrected chi connectivity index (χ2v) is 4.17. The van der Waals surface area contributed by atoms with E-state index in [0.29, 0.717) is 6.42 Å². The summed E-state index contributed by atoms with van der Waals surface area (Å²) < 4.78 is 25.7. The SMILES string of the molecule is CCC(Sc1ccc(F)cc1F)C(=O)O.